The van der Waals surface area contributed by atoms with E-state index in [2.05, 4.69) is 15.9 Å². The van der Waals surface area contributed by atoms with E-state index in [4.69, 9.17) is 5.11 Å². The molecule has 1 saturated heterocycles. The van der Waals surface area contributed by atoms with Crippen LogP contribution in [0, 0.1) is 0 Å². The van der Waals surface area contributed by atoms with Gasteiger partial charge in [0.2, 0.25) is 10.0 Å². The number of hydrogen-bond donors (Lipinski definition) is 1. The first-order valence-corrected chi connectivity index (χ1v) is 9.58. The molecular weight excluding hydrogens is 378 g/mol. The zero-order valence-corrected chi connectivity index (χ0v) is 14.8. The summed E-state index contributed by atoms with van der Waals surface area (Å²) in [5, 5.41) is 9.46. The highest BCUT2D eigenvalue weighted by Gasteiger charge is 2.33. The normalized spacial score (nSPS) is 24.0. The van der Waals surface area contributed by atoms with Crippen LogP contribution in [0.1, 0.15) is 24.2 Å². The number of thioether (sulfide) groups is 1. The Bertz CT molecular complexity index is 652. The van der Waals surface area contributed by atoms with Crippen LogP contribution in [0.3, 0.4) is 0 Å². The summed E-state index contributed by atoms with van der Waals surface area (Å²) in [6.07, 6.45) is 0. The Hall–Kier alpha value is -0.570. The number of carbonyl (C=O) groups is 1. The topological polar surface area (TPSA) is 74.7 Å². The zero-order valence-electron chi connectivity index (χ0n) is 11.6. The average Bonchev–Trinajstić information content (AvgIpc) is 2.37. The van der Waals surface area contributed by atoms with Crippen molar-refractivity contribution < 1.29 is 18.3 Å². The van der Waals surface area contributed by atoms with Crippen LogP contribution in [0.2, 0.25) is 0 Å². The minimum absolute atomic E-state index is 0.00806. The third-order valence-corrected chi connectivity index (χ3v) is 7.23. The first-order chi connectivity index (χ1) is 9.71. The fourth-order valence-corrected chi connectivity index (χ4v) is 6.38. The zero-order chi connectivity index (χ0) is 15.8. The number of hydrogen-bond acceptors (Lipinski definition) is 4. The van der Waals surface area contributed by atoms with Gasteiger partial charge in [-0.1, -0.05) is 13.8 Å². The molecule has 2 atom stereocenters. The molecule has 1 aromatic rings. The van der Waals surface area contributed by atoms with Gasteiger partial charge in [0.1, 0.15) is 0 Å². The summed E-state index contributed by atoms with van der Waals surface area (Å²) in [6, 6.07) is 4.05. The van der Waals surface area contributed by atoms with E-state index in [1.807, 2.05) is 13.8 Å². The predicted octanol–water partition coefficient (Wildman–Crippen LogP) is 2.66. The van der Waals surface area contributed by atoms with Crippen molar-refractivity contribution in [3.8, 4) is 0 Å². The van der Waals surface area contributed by atoms with E-state index in [9.17, 15) is 13.2 Å². The number of rotatable bonds is 3. The molecule has 116 valence electrons. The van der Waals surface area contributed by atoms with Gasteiger partial charge in [-0.05, 0) is 34.1 Å². The highest BCUT2D eigenvalue weighted by atomic mass is 79.9. The smallest absolute Gasteiger partial charge is 0.335 e. The van der Waals surface area contributed by atoms with E-state index in [0.717, 1.165) is 0 Å². The van der Waals surface area contributed by atoms with Crippen LogP contribution >= 0.6 is 27.7 Å². The van der Waals surface area contributed by atoms with Crippen molar-refractivity contribution in [3.63, 3.8) is 0 Å². The monoisotopic (exact) mass is 393 g/mol. The van der Waals surface area contributed by atoms with Crippen LogP contribution in [-0.4, -0.2) is 47.4 Å². The molecule has 5 nitrogen and oxygen atoms in total. The van der Waals surface area contributed by atoms with Crippen molar-refractivity contribution in [3.05, 3.63) is 28.2 Å². The number of sulfonamides is 1. The number of nitrogens with zero attached hydrogens (tertiary/aromatic N) is 1. The first-order valence-electron chi connectivity index (χ1n) is 6.40. The molecular formula is C13H16BrNO4S2. The van der Waals surface area contributed by atoms with Gasteiger partial charge in [-0.15, -0.1) is 0 Å². The van der Waals surface area contributed by atoms with Crippen molar-refractivity contribution in [1.29, 1.82) is 0 Å². The molecule has 1 aliphatic rings. The van der Waals surface area contributed by atoms with Crippen molar-refractivity contribution >= 4 is 43.7 Å². The molecule has 2 rings (SSSR count). The Morgan fingerprint density at radius 2 is 1.90 bits per heavy atom. The number of carboxylic acids is 1. The molecule has 1 aliphatic heterocycles. The van der Waals surface area contributed by atoms with E-state index in [1.165, 1.54) is 22.5 Å². The van der Waals surface area contributed by atoms with E-state index >= 15 is 0 Å². The standard InChI is InChI=1S/C13H16BrNO4S2/c1-8-6-15(7-9(2)20-8)21(18,19)12-5-10(13(16)17)3-4-11(12)14/h3-5,8-9H,6-7H2,1-2H3,(H,16,17). The van der Waals surface area contributed by atoms with Crippen molar-refractivity contribution in [2.75, 3.05) is 13.1 Å². The van der Waals surface area contributed by atoms with Crippen molar-refractivity contribution in [1.82, 2.24) is 4.31 Å². The second kappa shape index (κ2) is 6.28. The van der Waals surface area contributed by atoms with Crippen LogP contribution in [-0.2, 0) is 10.0 Å². The lowest BCUT2D eigenvalue weighted by atomic mass is 10.2. The largest absolute Gasteiger partial charge is 0.478 e. The second-order valence-electron chi connectivity index (χ2n) is 5.03. The lowest BCUT2D eigenvalue weighted by Crippen LogP contribution is -2.44. The summed E-state index contributed by atoms with van der Waals surface area (Å²) >= 11 is 4.96. The Morgan fingerprint density at radius 1 is 1.33 bits per heavy atom. The first kappa shape index (κ1) is 16.8. The number of halogens is 1. The Labute approximate surface area is 136 Å². The molecule has 1 heterocycles. The fourth-order valence-electron chi connectivity index (χ4n) is 2.30. The number of benzene rings is 1. The molecule has 0 bridgehead atoms. The van der Waals surface area contributed by atoms with Crippen LogP contribution in [0.15, 0.2) is 27.6 Å². The quantitative estimate of drug-likeness (QED) is 0.853. The molecule has 2 unspecified atom stereocenters. The van der Waals surface area contributed by atoms with Crippen molar-refractivity contribution in [2.24, 2.45) is 0 Å². The van der Waals surface area contributed by atoms with Gasteiger partial charge >= 0.3 is 5.97 Å². The Kier molecular flexibility index (Phi) is 5.02. The summed E-state index contributed by atoms with van der Waals surface area (Å²) in [5.74, 6) is -1.14. The number of aromatic carboxylic acids is 1. The highest BCUT2D eigenvalue weighted by Crippen LogP contribution is 2.32. The molecule has 0 saturated carbocycles. The molecule has 8 heteroatoms. The summed E-state index contributed by atoms with van der Waals surface area (Å²) in [5.41, 5.74) is -0.0377. The van der Waals surface area contributed by atoms with Gasteiger partial charge in [-0.25, -0.2) is 13.2 Å². The predicted molar refractivity (Wildman–Crippen MR) is 86.4 cm³/mol. The third kappa shape index (κ3) is 3.61. The lowest BCUT2D eigenvalue weighted by Gasteiger charge is -2.33. The second-order valence-corrected chi connectivity index (χ2v) is 9.67. The van der Waals surface area contributed by atoms with Crippen LogP contribution < -0.4 is 0 Å². The molecule has 0 radical (unpaired) electrons. The number of carboxylic acid groups (broad SMARTS) is 1. The van der Waals surface area contributed by atoms with Gasteiger partial charge in [0.05, 0.1) is 10.5 Å². The van der Waals surface area contributed by atoms with Crippen LogP contribution in [0.25, 0.3) is 0 Å². The SMILES string of the molecule is CC1CN(S(=O)(=O)c2cc(C(=O)O)ccc2Br)CC(C)S1. The van der Waals surface area contributed by atoms with Gasteiger partial charge in [0.15, 0.2) is 0 Å². The maximum Gasteiger partial charge on any atom is 0.335 e. The van der Waals surface area contributed by atoms with E-state index < -0.39 is 16.0 Å². The molecule has 0 amide bonds. The maximum absolute atomic E-state index is 12.8. The summed E-state index contributed by atoms with van der Waals surface area (Å²) in [6.45, 7) is 4.85. The van der Waals surface area contributed by atoms with E-state index in [-0.39, 0.29) is 21.0 Å². The molecule has 1 aromatic carbocycles. The molecule has 0 aromatic heterocycles. The van der Waals surface area contributed by atoms with Gasteiger partial charge in [0, 0.05) is 28.1 Å². The minimum Gasteiger partial charge on any atom is -0.478 e. The van der Waals surface area contributed by atoms with E-state index in [0.29, 0.717) is 17.6 Å². The third-order valence-electron chi connectivity index (χ3n) is 3.18. The minimum atomic E-state index is -3.70. The lowest BCUT2D eigenvalue weighted by molar-refractivity contribution is 0.0696. The Morgan fingerprint density at radius 3 is 2.43 bits per heavy atom. The van der Waals surface area contributed by atoms with Gasteiger partial charge in [-0.3, -0.25) is 0 Å². The van der Waals surface area contributed by atoms with Gasteiger partial charge in [0.25, 0.3) is 0 Å². The highest BCUT2D eigenvalue weighted by molar-refractivity contribution is 9.10. The van der Waals surface area contributed by atoms with Crippen LogP contribution in [0.4, 0.5) is 0 Å². The summed E-state index contributed by atoms with van der Waals surface area (Å²) in [7, 11) is -3.70. The van der Waals surface area contributed by atoms with Crippen molar-refractivity contribution in [2.45, 2.75) is 29.2 Å². The summed E-state index contributed by atoms with van der Waals surface area (Å²) < 4.78 is 27.4. The fraction of sp³-hybridized carbons (Fsp3) is 0.462. The molecule has 21 heavy (non-hydrogen) atoms. The van der Waals surface area contributed by atoms with E-state index in [1.54, 1.807) is 11.8 Å². The average molecular weight is 394 g/mol. The molecule has 1 fully saturated rings. The van der Waals surface area contributed by atoms with Gasteiger partial charge in [-0.2, -0.15) is 16.1 Å². The van der Waals surface area contributed by atoms with Crippen LogP contribution in [0.5, 0.6) is 0 Å². The molecule has 1 N–H and O–H groups in total. The molecule has 0 aliphatic carbocycles. The Balaban J connectivity index is 2.44. The van der Waals surface area contributed by atoms with Gasteiger partial charge < -0.3 is 5.11 Å². The maximum atomic E-state index is 12.8. The summed E-state index contributed by atoms with van der Waals surface area (Å²) in [4.78, 5) is 11.1. The molecule has 0 spiro atoms.